The van der Waals surface area contributed by atoms with Gasteiger partial charge in [0.05, 0.1) is 18.3 Å². The van der Waals surface area contributed by atoms with E-state index in [9.17, 15) is 18.4 Å². The van der Waals surface area contributed by atoms with Gasteiger partial charge in [-0.25, -0.2) is 32.5 Å². The molecule has 64 heavy (non-hydrogen) atoms. The third kappa shape index (κ3) is 11.3. The Bertz CT molecular complexity index is 2460. The van der Waals surface area contributed by atoms with Gasteiger partial charge in [-0.05, 0) is 86.5 Å². The third-order valence-electron chi connectivity index (χ3n) is 11.1. The molecule has 2 aromatic heterocycles. The maximum atomic E-state index is 14.9. The monoisotopic (exact) mass is 937 g/mol. The Kier molecular flexibility index (Phi) is 17.1. The van der Waals surface area contributed by atoms with Gasteiger partial charge >= 0.3 is 11.7 Å². The van der Waals surface area contributed by atoms with Gasteiger partial charge in [0.2, 0.25) is 5.79 Å². The number of esters is 1. The zero-order chi connectivity index (χ0) is 42.5. The van der Waals surface area contributed by atoms with Crippen molar-refractivity contribution in [1.82, 2.24) is 29.1 Å². The molecule has 0 spiro atoms. The van der Waals surface area contributed by atoms with Gasteiger partial charge in [0.15, 0.2) is 0 Å². The average Bonchev–Trinajstić information content (AvgIpc) is 4.04. The normalized spacial score (nSPS) is 18.5. The Morgan fingerprint density at radius 3 is 2.12 bits per heavy atom. The van der Waals surface area contributed by atoms with E-state index in [0.717, 1.165) is 49.2 Å². The molecule has 2 fully saturated rings. The molecule has 2 aliphatic rings. The summed E-state index contributed by atoms with van der Waals surface area (Å²) in [7, 11) is 0. The molecule has 2 aliphatic heterocycles. The van der Waals surface area contributed by atoms with E-state index < -0.39 is 47.7 Å². The number of hydrogen-bond donors (Lipinski definition) is 1. The fraction of sp³-hybridized carbons (Fsp3) is 0.341. The predicted octanol–water partition coefficient (Wildman–Crippen LogP) is 4.98. The Labute approximate surface area is 390 Å². The maximum absolute atomic E-state index is 14.9. The van der Waals surface area contributed by atoms with Gasteiger partial charge in [0, 0.05) is 49.2 Å². The zero-order valence-electron chi connectivity index (χ0n) is 35.3. The van der Waals surface area contributed by atoms with Crippen molar-refractivity contribution in [3.05, 3.63) is 149 Å². The van der Waals surface area contributed by atoms with E-state index in [1.54, 1.807) is 13.8 Å². The molecule has 2 saturated heterocycles. The van der Waals surface area contributed by atoms with Crippen LogP contribution in [0.2, 0.25) is 0 Å². The van der Waals surface area contributed by atoms with E-state index in [1.165, 1.54) is 45.0 Å². The first kappa shape index (κ1) is 49.6. The van der Waals surface area contributed by atoms with Crippen LogP contribution < -0.4 is 26.0 Å². The SMILES string of the molecule is C[C@H](OC(=O)[C@@H](N)Cc1ccccc1)[C@H](C)n1ncn(-c2ccc(N3CCN(c4ccc(OC[C@@H]5CO[C@@](Cn6cncn6)(c6ccc(F)cc6F)O5)cc4)CC3)cc2)c1=O.S.S.S. The van der Waals surface area contributed by atoms with Gasteiger partial charge in [0.25, 0.3) is 0 Å². The first-order valence-corrected chi connectivity index (χ1v) is 20.1. The quantitative estimate of drug-likeness (QED) is 0.138. The minimum absolute atomic E-state index is 0. The summed E-state index contributed by atoms with van der Waals surface area (Å²) in [5.41, 5.74) is 9.54. The number of nitrogens with two attached hydrogens (primary N) is 1. The number of hydrogen-bond acceptors (Lipinski definition) is 12. The van der Waals surface area contributed by atoms with Gasteiger partial charge < -0.3 is 34.5 Å². The molecule has 15 nitrogen and oxygen atoms in total. The largest absolute Gasteiger partial charge is 0.491 e. The van der Waals surface area contributed by atoms with Crippen molar-refractivity contribution in [3.63, 3.8) is 0 Å². The van der Waals surface area contributed by atoms with Crippen LogP contribution in [0.5, 0.6) is 5.75 Å². The fourth-order valence-corrected chi connectivity index (χ4v) is 7.56. The molecule has 4 aromatic carbocycles. The van der Waals surface area contributed by atoms with Gasteiger partial charge in [0.1, 0.15) is 67.8 Å². The first-order valence-electron chi connectivity index (χ1n) is 20.1. The van der Waals surface area contributed by atoms with E-state index in [2.05, 4.69) is 25.0 Å². The molecule has 4 heterocycles. The summed E-state index contributed by atoms with van der Waals surface area (Å²) in [5.74, 6) is -2.91. The standard InChI is InChI=1S/C44H47F2N9O6.3H2S/c1-30(31(2)60-42(56)41(47)22-32-6-4-3-5-7-32)55-43(57)54(29-50-55)36-11-9-34(10-12-36)51-18-20-52(21-19-51)35-13-15-37(16-14-35)58-24-38-25-59-44(61-38,26-53-28-48-27-49-53)39-17-8-33(45)23-40(39)46;;;/h3-17,23,27-31,38,41H,18-22,24-26,47H2,1-2H3;3*1H2/t30-,31-,38+,41-,44+;;;/m0.../s1. The van der Waals surface area contributed by atoms with Crippen molar-refractivity contribution in [2.45, 2.75) is 56.9 Å². The lowest BCUT2D eigenvalue weighted by Crippen LogP contribution is -2.46. The fourth-order valence-electron chi connectivity index (χ4n) is 7.56. The molecule has 0 bridgehead atoms. The summed E-state index contributed by atoms with van der Waals surface area (Å²) in [6.45, 7) is 6.99. The lowest BCUT2D eigenvalue weighted by Gasteiger charge is -2.37. The van der Waals surface area contributed by atoms with Crippen LogP contribution in [0.15, 0.2) is 121 Å². The summed E-state index contributed by atoms with van der Waals surface area (Å²) in [6, 6.07) is 27.0. The van der Waals surface area contributed by atoms with Crippen LogP contribution in [0.25, 0.3) is 5.69 Å². The number of aromatic nitrogens is 6. The second-order valence-corrected chi connectivity index (χ2v) is 15.2. The summed E-state index contributed by atoms with van der Waals surface area (Å²) in [6.07, 6.45) is 3.49. The van der Waals surface area contributed by atoms with Crippen LogP contribution in [-0.4, -0.2) is 92.7 Å². The highest BCUT2D eigenvalue weighted by Crippen LogP contribution is 2.38. The lowest BCUT2D eigenvalue weighted by atomic mass is 10.0. The highest BCUT2D eigenvalue weighted by atomic mass is 32.1. The number of anilines is 2. The van der Waals surface area contributed by atoms with E-state index in [0.29, 0.717) is 17.9 Å². The molecule has 2 N–H and O–H groups in total. The lowest BCUT2D eigenvalue weighted by molar-refractivity contribution is -0.192. The van der Waals surface area contributed by atoms with E-state index in [4.69, 9.17) is 24.7 Å². The van der Waals surface area contributed by atoms with Crippen molar-refractivity contribution in [3.8, 4) is 11.4 Å². The van der Waals surface area contributed by atoms with Gasteiger partial charge in [-0.2, -0.15) is 50.7 Å². The van der Waals surface area contributed by atoms with Gasteiger partial charge in [-0.1, -0.05) is 30.3 Å². The van der Waals surface area contributed by atoms with Crippen molar-refractivity contribution in [1.29, 1.82) is 0 Å². The minimum Gasteiger partial charge on any atom is -0.491 e. The molecule has 0 aliphatic carbocycles. The average molecular weight is 938 g/mol. The second-order valence-electron chi connectivity index (χ2n) is 15.2. The zero-order valence-corrected chi connectivity index (χ0v) is 38.3. The number of halogens is 2. The van der Waals surface area contributed by atoms with Crippen LogP contribution in [0, 0.1) is 11.6 Å². The molecular weight excluding hydrogens is 885 g/mol. The summed E-state index contributed by atoms with van der Waals surface area (Å²) < 4.78 is 56.9. The molecule has 0 saturated carbocycles. The van der Waals surface area contributed by atoms with Crippen molar-refractivity contribution in [2.24, 2.45) is 5.73 Å². The Morgan fingerprint density at radius 1 is 0.859 bits per heavy atom. The number of ether oxygens (including phenoxy) is 4. The molecule has 0 radical (unpaired) electrons. The predicted molar refractivity (Wildman–Crippen MR) is 253 cm³/mol. The first-order chi connectivity index (χ1) is 29.5. The molecular formula is C44H53F2N9O6S3. The van der Waals surface area contributed by atoms with E-state index in [-0.39, 0.29) is 71.5 Å². The molecule has 0 unspecified atom stereocenters. The van der Waals surface area contributed by atoms with Crippen LogP contribution in [0.1, 0.15) is 31.0 Å². The Balaban J connectivity index is 0.00000257. The molecule has 8 rings (SSSR count). The van der Waals surface area contributed by atoms with Crippen LogP contribution >= 0.6 is 40.5 Å². The second kappa shape index (κ2) is 22.0. The molecule has 20 heteroatoms. The van der Waals surface area contributed by atoms with Crippen molar-refractivity contribution >= 4 is 57.8 Å². The van der Waals surface area contributed by atoms with Crippen LogP contribution in [0.4, 0.5) is 20.2 Å². The summed E-state index contributed by atoms with van der Waals surface area (Å²) in [5, 5.41) is 8.44. The minimum atomic E-state index is -1.53. The molecule has 0 amide bonds. The topological polar surface area (TPSA) is 157 Å². The van der Waals surface area contributed by atoms with Crippen molar-refractivity contribution in [2.75, 3.05) is 49.2 Å². The number of carbonyl (C=O) groups is 1. The summed E-state index contributed by atoms with van der Waals surface area (Å²) >= 11 is 0. The maximum Gasteiger partial charge on any atom is 0.350 e. The highest BCUT2D eigenvalue weighted by Gasteiger charge is 2.46. The van der Waals surface area contributed by atoms with Gasteiger partial charge in [-0.3, -0.25) is 4.79 Å². The summed E-state index contributed by atoms with van der Waals surface area (Å²) in [4.78, 5) is 34.7. The number of benzene rings is 4. The molecule has 5 atom stereocenters. The number of nitrogens with zero attached hydrogens (tertiary/aromatic N) is 8. The van der Waals surface area contributed by atoms with E-state index >= 15 is 0 Å². The molecule has 6 aromatic rings. The van der Waals surface area contributed by atoms with E-state index in [1.807, 2.05) is 78.9 Å². The molecule has 342 valence electrons. The smallest absolute Gasteiger partial charge is 0.350 e. The number of carbonyl (C=O) groups excluding carboxylic acids is 1. The Morgan fingerprint density at radius 2 is 1.50 bits per heavy atom. The Hall–Kier alpha value is -5.38. The number of rotatable bonds is 15. The van der Waals surface area contributed by atoms with Crippen LogP contribution in [0.3, 0.4) is 0 Å². The van der Waals surface area contributed by atoms with Crippen LogP contribution in [-0.2, 0) is 37.8 Å². The van der Waals surface area contributed by atoms with Crippen molar-refractivity contribution < 1.29 is 32.5 Å². The van der Waals surface area contributed by atoms with Gasteiger partial charge in [-0.15, -0.1) is 0 Å². The highest BCUT2D eigenvalue weighted by molar-refractivity contribution is 7.59. The third-order valence-corrected chi connectivity index (χ3v) is 11.1. The number of piperazine rings is 1.